The van der Waals surface area contributed by atoms with E-state index < -0.39 is 5.97 Å². The predicted octanol–water partition coefficient (Wildman–Crippen LogP) is 2.15. The molecule has 0 aliphatic rings. The molecule has 0 spiro atoms. The van der Waals surface area contributed by atoms with Crippen molar-refractivity contribution >= 4 is 5.97 Å². The fraction of sp³-hybridized carbons (Fsp3) is 0.214. The lowest BCUT2D eigenvalue weighted by Crippen LogP contribution is -2.20. The molecule has 0 radical (unpaired) electrons. The van der Waals surface area contributed by atoms with E-state index in [0.717, 1.165) is 5.75 Å². The zero-order chi connectivity index (χ0) is 13.5. The van der Waals surface area contributed by atoms with Crippen molar-refractivity contribution in [3.05, 3.63) is 54.0 Å². The molecule has 0 bridgehead atoms. The smallest absolute Gasteiger partial charge is 0.338 e. The number of hydrogen-bond acceptors (Lipinski definition) is 4. The Morgan fingerprint density at radius 1 is 1.32 bits per heavy atom. The van der Waals surface area contributed by atoms with Gasteiger partial charge in [0.25, 0.3) is 0 Å². The number of carbonyl (C=O) groups is 1. The molecule has 2 aromatic rings. The summed E-state index contributed by atoms with van der Waals surface area (Å²) in [6, 6.07) is 11.1. The summed E-state index contributed by atoms with van der Waals surface area (Å²) in [6.45, 7) is 1.67. The Morgan fingerprint density at radius 2 is 2.11 bits per heavy atom. The third kappa shape index (κ3) is 4.15. The topological polar surface area (TPSA) is 71.7 Å². The van der Waals surface area contributed by atoms with Crippen LogP contribution < -0.4 is 10.1 Å². The molecule has 2 rings (SSSR count). The van der Waals surface area contributed by atoms with Crippen LogP contribution in [0.2, 0.25) is 0 Å². The zero-order valence-corrected chi connectivity index (χ0v) is 10.3. The highest BCUT2D eigenvalue weighted by molar-refractivity contribution is 5.87. The van der Waals surface area contributed by atoms with Gasteiger partial charge in [0, 0.05) is 6.54 Å². The van der Waals surface area contributed by atoms with Gasteiger partial charge in [-0.05, 0) is 18.2 Å². The molecule has 0 aliphatic carbocycles. The van der Waals surface area contributed by atoms with Gasteiger partial charge in [-0.25, -0.2) is 4.79 Å². The van der Waals surface area contributed by atoms with Gasteiger partial charge in [-0.15, -0.1) is 0 Å². The fourth-order valence-electron chi connectivity index (χ4n) is 1.55. The van der Waals surface area contributed by atoms with E-state index in [1.807, 2.05) is 30.3 Å². The summed E-state index contributed by atoms with van der Waals surface area (Å²) in [5, 5.41) is 11.8. The third-order valence-electron chi connectivity index (χ3n) is 2.49. The van der Waals surface area contributed by atoms with Crippen LogP contribution in [0.15, 0.2) is 47.1 Å². The van der Waals surface area contributed by atoms with Crippen LogP contribution in [0.1, 0.15) is 16.1 Å². The van der Waals surface area contributed by atoms with E-state index in [0.29, 0.717) is 25.5 Å². The summed E-state index contributed by atoms with van der Waals surface area (Å²) in [6.07, 6.45) is 1.24. The van der Waals surface area contributed by atoms with Crippen molar-refractivity contribution in [2.75, 3.05) is 13.2 Å². The van der Waals surface area contributed by atoms with Crippen molar-refractivity contribution in [1.29, 1.82) is 0 Å². The number of rotatable bonds is 7. The summed E-state index contributed by atoms with van der Waals surface area (Å²) >= 11 is 0. The average molecular weight is 261 g/mol. The number of carboxylic acid groups (broad SMARTS) is 1. The van der Waals surface area contributed by atoms with Crippen LogP contribution in [0.4, 0.5) is 0 Å². The first-order valence-corrected chi connectivity index (χ1v) is 5.95. The molecule has 5 nitrogen and oxygen atoms in total. The minimum absolute atomic E-state index is 0.164. The van der Waals surface area contributed by atoms with Crippen LogP contribution in [-0.2, 0) is 6.54 Å². The second-order valence-electron chi connectivity index (χ2n) is 3.95. The average Bonchev–Trinajstić information content (AvgIpc) is 2.89. The number of nitrogens with one attached hydrogen (secondary N) is 1. The molecule has 0 saturated heterocycles. The molecule has 1 heterocycles. The zero-order valence-electron chi connectivity index (χ0n) is 10.3. The molecular formula is C14H15NO4. The van der Waals surface area contributed by atoms with Crippen molar-refractivity contribution in [3.8, 4) is 5.75 Å². The second kappa shape index (κ2) is 6.61. The van der Waals surface area contributed by atoms with E-state index >= 15 is 0 Å². The maximum Gasteiger partial charge on any atom is 0.338 e. The Morgan fingerprint density at radius 3 is 2.79 bits per heavy atom. The van der Waals surface area contributed by atoms with Gasteiger partial charge >= 0.3 is 5.97 Å². The monoisotopic (exact) mass is 261 g/mol. The third-order valence-corrected chi connectivity index (χ3v) is 2.49. The van der Waals surface area contributed by atoms with Crippen LogP contribution in [0, 0.1) is 0 Å². The first kappa shape index (κ1) is 13.2. The van der Waals surface area contributed by atoms with Gasteiger partial charge in [0.1, 0.15) is 24.4 Å². The van der Waals surface area contributed by atoms with E-state index in [2.05, 4.69) is 5.32 Å². The quantitative estimate of drug-likeness (QED) is 0.747. The first-order chi connectivity index (χ1) is 9.25. The summed E-state index contributed by atoms with van der Waals surface area (Å²) in [5.74, 6) is 0.440. The molecular weight excluding hydrogens is 246 g/mol. The fourth-order valence-corrected chi connectivity index (χ4v) is 1.55. The summed E-state index contributed by atoms with van der Waals surface area (Å²) in [7, 11) is 0. The SMILES string of the molecule is O=C(O)c1coc(CNCCOc2ccccc2)c1. The van der Waals surface area contributed by atoms with E-state index in [4.69, 9.17) is 14.3 Å². The lowest BCUT2D eigenvalue weighted by molar-refractivity contribution is 0.0696. The number of furan rings is 1. The molecule has 0 aliphatic heterocycles. The lowest BCUT2D eigenvalue weighted by atomic mass is 10.3. The number of ether oxygens (including phenoxy) is 1. The van der Waals surface area contributed by atoms with Gasteiger partial charge in [0.2, 0.25) is 0 Å². The molecule has 19 heavy (non-hydrogen) atoms. The van der Waals surface area contributed by atoms with Gasteiger partial charge in [-0.1, -0.05) is 18.2 Å². The molecule has 5 heteroatoms. The number of hydrogen-bond donors (Lipinski definition) is 2. The van der Waals surface area contributed by atoms with Crippen molar-refractivity contribution in [3.63, 3.8) is 0 Å². The summed E-state index contributed by atoms with van der Waals surface area (Å²) in [4.78, 5) is 10.6. The maximum atomic E-state index is 10.6. The van der Waals surface area contributed by atoms with E-state index in [9.17, 15) is 4.79 Å². The Balaban J connectivity index is 1.65. The molecule has 1 aromatic heterocycles. The second-order valence-corrected chi connectivity index (χ2v) is 3.95. The summed E-state index contributed by atoms with van der Waals surface area (Å²) < 4.78 is 10.6. The Hall–Kier alpha value is -2.27. The molecule has 2 N–H and O–H groups in total. The minimum Gasteiger partial charge on any atom is -0.492 e. The largest absolute Gasteiger partial charge is 0.492 e. The molecule has 0 unspecified atom stereocenters. The van der Waals surface area contributed by atoms with E-state index in [1.54, 1.807) is 0 Å². The number of para-hydroxylation sites is 1. The Bertz CT molecular complexity index is 521. The van der Waals surface area contributed by atoms with Crippen LogP contribution >= 0.6 is 0 Å². The highest BCUT2D eigenvalue weighted by atomic mass is 16.5. The Labute approximate surface area is 110 Å². The van der Waals surface area contributed by atoms with Gasteiger partial charge in [0.05, 0.1) is 12.1 Å². The van der Waals surface area contributed by atoms with E-state index in [1.165, 1.54) is 12.3 Å². The van der Waals surface area contributed by atoms with E-state index in [-0.39, 0.29) is 5.56 Å². The van der Waals surface area contributed by atoms with Crippen LogP contribution in [0.5, 0.6) is 5.75 Å². The first-order valence-electron chi connectivity index (χ1n) is 5.95. The molecule has 0 atom stereocenters. The standard InChI is InChI=1S/C14H15NO4/c16-14(17)11-8-13(19-10-11)9-15-6-7-18-12-4-2-1-3-5-12/h1-5,8,10,15H,6-7,9H2,(H,16,17). The van der Waals surface area contributed by atoms with Gasteiger partial charge in [-0.2, -0.15) is 0 Å². The summed E-state index contributed by atoms with van der Waals surface area (Å²) in [5.41, 5.74) is 0.164. The molecule has 1 aromatic carbocycles. The number of benzene rings is 1. The van der Waals surface area contributed by atoms with Crippen LogP contribution in [0.3, 0.4) is 0 Å². The van der Waals surface area contributed by atoms with Crippen molar-refractivity contribution < 1.29 is 19.1 Å². The molecule has 0 amide bonds. The number of aromatic carboxylic acids is 1. The molecule has 0 saturated carbocycles. The van der Waals surface area contributed by atoms with Gasteiger partial charge in [-0.3, -0.25) is 0 Å². The highest BCUT2D eigenvalue weighted by Gasteiger charge is 2.07. The van der Waals surface area contributed by atoms with Gasteiger partial charge in [0.15, 0.2) is 0 Å². The van der Waals surface area contributed by atoms with Crippen molar-refractivity contribution in [1.82, 2.24) is 5.32 Å². The van der Waals surface area contributed by atoms with Crippen molar-refractivity contribution in [2.24, 2.45) is 0 Å². The molecule has 0 fully saturated rings. The van der Waals surface area contributed by atoms with Crippen LogP contribution in [0.25, 0.3) is 0 Å². The van der Waals surface area contributed by atoms with Crippen LogP contribution in [-0.4, -0.2) is 24.2 Å². The minimum atomic E-state index is -0.984. The maximum absolute atomic E-state index is 10.6. The predicted molar refractivity (Wildman–Crippen MR) is 69.3 cm³/mol. The van der Waals surface area contributed by atoms with Crippen molar-refractivity contribution in [2.45, 2.75) is 6.54 Å². The van der Waals surface area contributed by atoms with Gasteiger partial charge < -0.3 is 19.6 Å². The molecule has 100 valence electrons. The normalized spacial score (nSPS) is 10.3. The Kier molecular flexibility index (Phi) is 4.58. The lowest BCUT2D eigenvalue weighted by Gasteiger charge is -2.06. The number of carboxylic acids is 1. The highest BCUT2D eigenvalue weighted by Crippen LogP contribution is 2.08.